The Bertz CT molecular complexity index is 1980. The fourth-order valence-corrected chi connectivity index (χ4v) is 6.87. The second-order valence-electron chi connectivity index (χ2n) is 13.4. The summed E-state index contributed by atoms with van der Waals surface area (Å²) in [5, 5.41) is 0. The number of hydrogen-bond donors (Lipinski definition) is 0. The van der Waals surface area contributed by atoms with Crippen LogP contribution in [0.4, 0.5) is 0 Å². The van der Waals surface area contributed by atoms with Crippen molar-refractivity contribution in [3.05, 3.63) is 106 Å². The van der Waals surface area contributed by atoms with Crippen LogP contribution in [-0.2, 0) is 13.6 Å². The van der Waals surface area contributed by atoms with Gasteiger partial charge in [0, 0.05) is 48.4 Å². The number of hydrogen-bond acceptors (Lipinski definition) is 2. The van der Waals surface area contributed by atoms with Gasteiger partial charge < -0.3 is 4.57 Å². The van der Waals surface area contributed by atoms with E-state index >= 15 is 0 Å². The molecule has 3 aromatic heterocycles. The van der Waals surface area contributed by atoms with E-state index in [-0.39, 0.29) is 5.41 Å². The predicted octanol–water partition coefficient (Wildman–Crippen LogP) is 8.74. The van der Waals surface area contributed by atoms with Gasteiger partial charge in [0.15, 0.2) is 6.54 Å². The molecule has 4 heterocycles. The lowest BCUT2D eigenvalue weighted by Crippen LogP contribution is -2.37. The van der Waals surface area contributed by atoms with Crippen LogP contribution in [0.5, 0.6) is 0 Å². The number of fused-ring (bicyclic) bond motifs is 6. The number of imidazole rings is 2. The molecule has 0 radical (unpaired) electrons. The Morgan fingerprint density at radius 2 is 1.70 bits per heavy atom. The third-order valence-corrected chi connectivity index (χ3v) is 8.94. The molecule has 0 bridgehead atoms. The zero-order valence-electron chi connectivity index (χ0n) is 27.2. The zero-order valence-corrected chi connectivity index (χ0v) is 27.2. The third kappa shape index (κ3) is 5.05. The third-order valence-electron chi connectivity index (χ3n) is 8.94. The summed E-state index contributed by atoms with van der Waals surface area (Å²) in [5.41, 5.74) is 16.7. The minimum Gasteiger partial charge on any atom is -0.334 e. The molecule has 5 aromatic rings. The van der Waals surface area contributed by atoms with Gasteiger partial charge in [0.2, 0.25) is 11.2 Å². The molecule has 0 unspecified atom stereocenters. The standard InChI is InChI=1S/C27H32N3.C11H12N2/c1-16-13-19(4)24-22(14-16)29-12-11-20(27(5,6)7)25(29)26-28-21(15-30(24)26)23-17(2)9-8-10-18(23)3;1-9-5-3-4-6-10(9)11-12-7-8-13(11)2/h9,11,13-15H,8,10,12H2,1-7H3;3-8H,1-2H3/q+1;. The van der Waals surface area contributed by atoms with Crippen LogP contribution >= 0.6 is 0 Å². The number of rotatable bonds is 2. The van der Waals surface area contributed by atoms with Gasteiger partial charge in [0.1, 0.15) is 11.3 Å². The second kappa shape index (κ2) is 10.8. The quantitative estimate of drug-likeness (QED) is 0.199. The van der Waals surface area contributed by atoms with Crippen molar-refractivity contribution in [1.82, 2.24) is 18.9 Å². The van der Waals surface area contributed by atoms with E-state index in [1.54, 1.807) is 0 Å². The molecule has 0 saturated carbocycles. The smallest absolute Gasteiger partial charge is 0.253 e. The fourth-order valence-electron chi connectivity index (χ4n) is 6.87. The predicted molar refractivity (Wildman–Crippen MR) is 179 cm³/mol. The van der Waals surface area contributed by atoms with Gasteiger partial charge in [-0.2, -0.15) is 4.57 Å². The van der Waals surface area contributed by atoms with Crippen molar-refractivity contribution < 1.29 is 4.57 Å². The summed E-state index contributed by atoms with van der Waals surface area (Å²) < 4.78 is 6.87. The monoisotopic (exact) mass is 570 g/mol. The first-order valence-electron chi connectivity index (χ1n) is 15.4. The summed E-state index contributed by atoms with van der Waals surface area (Å²) in [6.07, 6.45) is 13.1. The maximum Gasteiger partial charge on any atom is 0.253 e. The highest BCUT2D eigenvalue weighted by atomic mass is 15.1. The van der Waals surface area contributed by atoms with Crippen LogP contribution < -0.4 is 4.57 Å². The fraction of sp³-hybridized carbons (Fsp3) is 0.342. The summed E-state index contributed by atoms with van der Waals surface area (Å²) >= 11 is 0. The SMILES string of the molecule is CC1=CCCC(C)=C1c1cn2c(n1)c1[n+](c3cc(C)cc(C)c32)CC=C1C(C)(C)C.Cc1ccccc1-c1nccn1C. The van der Waals surface area contributed by atoms with Crippen LogP contribution in [0.3, 0.4) is 0 Å². The normalized spacial score (nSPS) is 15.0. The van der Waals surface area contributed by atoms with Crippen LogP contribution in [0.2, 0.25) is 0 Å². The summed E-state index contributed by atoms with van der Waals surface area (Å²) in [6, 6.07) is 12.9. The average Bonchev–Trinajstić information content (AvgIpc) is 3.67. The maximum atomic E-state index is 5.29. The molecule has 7 rings (SSSR count). The van der Waals surface area contributed by atoms with E-state index in [4.69, 9.17) is 4.98 Å². The molecule has 1 aliphatic carbocycles. The van der Waals surface area contributed by atoms with Gasteiger partial charge >= 0.3 is 0 Å². The molecule has 0 amide bonds. The summed E-state index contributed by atoms with van der Waals surface area (Å²) in [4.78, 5) is 9.60. The lowest BCUT2D eigenvalue weighted by atomic mass is 9.85. The summed E-state index contributed by atoms with van der Waals surface area (Å²) in [7, 11) is 2.01. The number of benzene rings is 2. The molecule has 1 aliphatic heterocycles. The van der Waals surface area contributed by atoms with Crippen molar-refractivity contribution in [3.8, 4) is 11.4 Å². The van der Waals surface area contributed by atoms with E-state index in [1.165, 1.54) is 61.3 Å². The highest BCUT2D eigenvalue weighted by Crippen LogP contribution is 2.40. The molecule has 5 nitrogen and oxygen atoms in total. The van der Waals surface area contributed by atoms with E-state index in [1.807, 2.05) is 36.1 Å². The van der Waals surface area contributed by atoms with Crippen molar-refractivity contribution in [3.63, 3.8) is 0 Å². The van der Waals surface area contributed by atoms with Crippen molar-refractivity contribution in [2.75, 3.05) is 0 Å². The molecule has 2 aliphatic rings. The molecule has 0 atom stereocenters. The Hall–Kier alpha value is -4.25. The summed E-state index contributed by atoms with van der Waals surface area (Å²) in [6.45, 7) is 18.9. The van der Waals surface area contributed by atoms with Crippen LogP contribution in [0.25, 0.3) is 39.2 Å². The Labute approximate surface area is 255 Å². The molecular formula is C38H44N5+. The maximum absolute atomic E-state index is 5.29. The van der Waals surface area contributed by atoms with Gasteiger partial charge in [-0.25, -0.2) is 9.97 Å². The molecule has 43 heavy (non-hydrogen) atoms. The van der Waals surface area contributed by atoms with Gasteiger partial charge in [-0.3, -0.25) is 4.40 Å². The van der Waals surface area contributed by atoms with Gasteiger partial charge in [0.25, 0.3) is 5.69 Å². The van der Waals surface area contributed by atoms with Crippen LogP contribution in [0.1, 0.15) is 75.5 Å². The molecule has 0 spiro atoms. The molecule has 0 fully saturated rings. The first-order chi connectivity index (χ1) is 20.5. The topological polar surface area (TPSA) is 39.0 Å². The number of nitrogens with zero attached hydrogens (tertiary/aromatic N) is 5. The zero-order chi connectivity index (χ0) is 30.6. The minimum atomic E-state index is 0.0766. The van der Waals surface area contributed by atoms with Crippen molar-refractivity contribution in [2.45, 2.75) is 74.8 Å². The van der Waals surface area contributed by atoms with Gasteiger partial charge in [0.05, 0.1) is 5.69 Å². The van der Waals surface area contributed by atoms with E-state index < -0.39 is 0 Å². The lowest BCUT2D eigenvalue weighted by molar-refractivity contribution is -0.658. The van der Waals surface area contributed by atoms with Crippen molar-refractivity contribution in [1.29, 1.82) is 0 Å². The molecular weight excluding hydrogens is 526 g/mol. The van der Waals surface area contributed by atoms with E-state index in [0.29, 0.717) is 0 Å². The molecule has 5 heteroatoms. The van der Waals surface area contributed by atoms with Crippen molar-refractivity contribution >= 4 is 27.8 Å². The highest BCUT2D eigenvalue weighted by molar-refractivity contribution is 5.88. The highest BCUT2D eigenvalue weighted by Gasteiger charge is 2.37. The Morgan fingerprint density at radius 3 is 2.37 bits per heavy atom. The molecule has 0 N–H and O–H groups in total. The lowest BCUT2D eigenvalue weighted by Gasteiger charge is -2.18. The van der Waals surface area contributed by atoms with E-state index in [9.17, 15) is 0 Å². The van der Waals surface area contributed by atoms with Crippen LogP contribution in [-0.4, -0.2) is 18.9 Å². The number of aromatic nitrogens is 5. The molecule has 0 saturated heterocycles. The largest absolute Gasteiger partial charge is 0.334 e. The van der Waals surface area contributed by atoms with Crippen LogP contribution in [0, 0.1) is 26.2 Å². The molecule has 2 aromatic carbocycles. The molecule has 220 valence electrons. The number of aryl methyl sites for hydroxylation is 4. The van der Waals surface area contributed by atoms with E-state index in [2.05, 4.69) is 112 Å². The summed E-state index contributed by atoms with van der Waals surface area (Å²) in [5.74, 6) is 1.03. The van der Waals surface area contributed by atoms with Gasteiger partial charge in [-0.1, -0.05) is 62.8 Å². The second-order valence-corrected chi connectivity index (χ2v) is 13.4. The van der Waals surface area contributed by atoms with Gasteiger partial charge in [-0.05, 0) is 81.2 Å². The number of allylic oxidation sites excluding steroid dienone is 6. The Morgan fingerprint density at radius 1 is 0.930 bits per heavy atom. The minimum absolute atomic E-state index is 0.0766. The average molecular weight is 571 g/mol. The first-order valence-corrected chi connectivity index (χ1v) is 15.4. The Kier molecular flexibility index (Phi) is 7.24. The Balaban J connectivity index is 0.000000211. The van der Waals surface area contributed by atoms with Gasteiger partial charge in [-0.15, -0.1) is 0 Å². The first kappa shape index (κ1) is 28.9. The van der Waals surface area contributed by atoms with Crippen LogP contribution in [0.15, 0.2) is 78.3 Å². The van der Waals surface area contributed by atoms with Crippen molar-refractivity contribution in [2.24, 2.45) is 12.5 Å². The van der Waals surface area contributed by atoms with E-state index in [0.717, 1.165) is 36.6 Å².